The van der Waals surface area contributed by atoms with Crippen molar-refractivity contribution in [1.29, 1.82) is 0 Å². The molecule has 0 saturated carbocycles. The van der Waals surface area contributed by atoms with Crippen LogP contribution in [0.25, 0.3) is 0 Å². The summed E-state index contributed by atoms with van der Waals surface area (Å²) in [4.78, 5) is 37.3. The summed E-state index contributed by atoms with van der Waals surface area (Å²) >= 11 is 0. The Balaban J connectivity index is 1.47. The van der Waals surface area contributed by atoms with Gasteiger partial charge in [0, 0.05) is 19.8 Å². The van der Waals surface area contributed by atoms with Gasteiger partial charge in [-0.15, -0.1) is 0 Å². The number of furan rings is 1. The van der Waals surface area contributed by atoms with E-state index < -0.39 is 18.0 Å². The second kappa shape index (κ2) is 7.48. The monoisotopic (exact) mass is 335 g/mol. The van der Waals surface area contributed by atoms with Crippen LogP contribution in [-0.2, 0) is 20.9 Å². The number of nitrogens with zero attached hydrogens (tertiary/aromatic N) is 1. The minimum atomic E-state index is -0.817. The third kappa shape index (κ3) is 3.94. The smallest absolute Gasteiger partial charge is 0.325 e. The Bertz CT molecular complexity index is 595. The molecule has 130 valence electrons. The number of hydrogen-bond acceptors (Lipinski definition) is 5. The van der Waals surface area contributed by atoms with Crippen LogP contribution in [0.4, 0.5) is 4.79 Å². The molecule has 3 heterocycles. The molecule has 4 amide bonds. The molecule has 2 N–H and O–H groups in total. The zero-order valence-electron chi connectivity index (χ0n) is 13.3. The van der Waals surface area contributed by atoms with Gasteiger partial charge >= 0.3 is 6.03 Å². The molecule has 24 heavy (non-hydrogen) atoms. The molecule has 2 saturated heterocycles. The normalized spacial score (nSPS) is 21.8. The second-order valence-corrected chi connectivity index (χ2v) is 6.07. The van der Waals surface area contributed by atoms with Crippen molar-refractivity contribution in [3.63, 3.8) is 0 Å². The van der Waals surface area contributed by atoms with Crippen molar-refractivity contribution in [1.82, 2.24) is 15.5 Å². The van der Waals surface area contributed by atoms with E-state index >= 15 is 0 Å². The van der Waals surface area contributed by atoms with Gasteiger partial charge in [-0.05, 0) is 30.9 Å². The van der Waals surface area contributed by atoms with E-state index in [0.29, 0.717) is 18.2 Å². The van der Waals surface area contributed by atoms with E-state index in [1.165, 1.54) is 6.26 Å². The Kier molecular flexibility index (Phi) is 5.14. The van der Waals surface area contributed by atoms with Crippen LogP contribution in [0.2, 0.25) is 0 Å². The lowest BCUT2D eigenvalue weighted by atomic mass is 10.0. The average Bonchev–Trinajstić information content (AvgIpc) is 3.18. The van der Waals surface area contributed by atoms with Crippen LogP contribution in [0, 0.1) is 5.92 Å². The molecule has 0 unspecified atom stereocenters. The Morgan fingerprint density at radius 3 is 2.83 bits per heavy atom. The molecule has 1 aromatic heterocycles. The molecule has 0 bridgehead atoms. The van der Waals surface area contributed by atoms with E-state index in [2.05, 4.69) is 10.6 Å². The Morgan fingerprint density at radius 2 is 2.12 bits per heavy atom. The minimum absolute atomic E-state index is 0.0531. The van der Waals surface area contributed by atoms with Gasteiger partial charge in [0.25, 0.3) is 5.91 Å². The maximum Gasteiger partial charge on any atom is 0.325 e. The number of amides is 4. The van der Waals surface area contributed by atoms with Gasteiger partial charge in [0.05, 0.1) is 19.2 Å². The summed E-state index contributed by atoms with van der Waals surface area (Å²) in [6.07, 6.45) is 3.28. The molecule has 0 spiro atoms. The first-order valence-electron chi connectivity index (χ1n) is 8.12. The van der Waals surface area contributed by atoms with E-state index in [4.69, 9.17) is 9.15 Å². The SMILES string of the molecule is O=C(C[C@H]1NC(=O)N(Cc2ccco2)C1=O)NCC1CCOCC1. The van der Waals surface area contributed by atoms with Gasteiger partial charge in [-0.3, -0.25) is 14.5 Å². The molecule has 2 aliphatic heterocycles. The predicted molar refractivity (Wildman–Crippen MR) is 82.7 cm³/mol. The maximum atomic E-state index is 12.3. The van der Waals surface area contributed by atoms with Gasteiger partial charge in [-0.2, -0.15) is 0 Å². The number of hydrogen-bond donors (Lipinski definition) is 2. The fourth-order valence-electron chi connectivity index (χ4n) is 2.89. The first kappa shape index (κ1) is 16.5. The topological polar surface area (TPSA) is 101 Å². The number of urea groups is 1. The van der Waals surface area contributed by atoms with Crippen molar-refractivity contribution in [2.75, 3.05) is 19.8 Å². The Hall–Kier alpha value is -2.35. The van der Waals surface area contributed by atoms with Crippen molar-refractivity contribution in [2.24, 2.45) is 5.92 Å². The molecular weight excluding hydrogens is 314 g/mol. The number of nitrogens with one attached hydrogen (secondary N) is 2. The van der Waals surface area contributed by atoms with Crippen molar-refractivity contribution in [2.45, 2.75) is 31.8 Å². The van der Waals surface area contributed by atoms with E-state index in [1.54, 1.807) is 12.1 Å². The fourth-order valence-corrected chi connectivity index (χ4v) is 2.89. The highest BCUT2D eigenvalue weighted by molar-refractivity contribution is 6.05. The second-order valence-electron chi connectivity index (χ2n) is 6.07. The molecule has 8 heteroatoms. The first-order valence-corrected chi connectivity index (χ1v) is 8.12. The quantitative estimate of drug-likeness (QED) is 0.743. The van der Waals surface area contributed by atoms with Gasteiger partial charge in [0.15, 0.2) is 0 Å². The maximum absolute atomic E-state index is 12.3. The Labute approximate surface area is 139 Å². The van der Waals surface area contributed by atoms with Crippen molar-refractivity contribution in [3.8, 4) is 0 Å². The van der Waals surface area contributed by atoms with Gasteiger partial charge in [-0.1, -0.05) is 0 Å². The van der Waals surface area contributed by atoms with Crippen molar-refractivity contribution >= 4 is 17.8 Å². The third-order valence-electron chi connectivity index (χ3n) is 4.32. The van der Waals surface area contributed by atoms with Gasteiger partial charge < -0.3 is 19.8 Å². The highest BCUT2D eigenvalue weighted by Crippen LogP contribution is 2.15. The number of ether oxygens (including phenoxy) is 1. The lowest BCUT2D eigenvalue weighted by molar-refractivity contribution is -0.131. The lowest BCUT2D eigenvalue weighted by Gasteiger charge is -2.22. The molecule has 0 aliphatic carbocycles. The zero-order valence-corrected chi connectivity index (χ0v) is 13.3. The van der Waals surface area contributed by atoms with Gasteiger partial charge in [0.2, 0.25) is 5.91 Å². The summed E-state index contributed by atoms with van der Waals surface area (Å²) in [5, 5.41) is 5.39. The summed E-state index contributed by atoms with van der Waals surface area (Å²) in [6, 6.07) is 2.06. The van der Waals surface area contributed by atoms with Crippen molar-refractivity contribution < 1.29 is 23.5 Å². The van der Waals surface area contributed by atoms with Gasteiger partial charge in [-0.25, -0.2) is 4.79 Å². The lowest BCUT2D eigenvalue weighted by Crippen LogP contribution is -2.38. The van der Waals surface area contributed by atoms with Crippen molar-refractivity contribution in [3.05, 3.63) is 24.2 Å². The molecular formula is C16H21N3O5. The highest BCUT2D eigenvalue weighted by atomic mass is 16.5. The summed E-state index contributed by atoms with van der Waals surface area (Å²) in [6.45, 7) is 2.09. The molecule has 3 rings (SSSR count). The number of carbonyl (C=O) groups is 3. The first-order chi connectivity index (χ1) is 11.6. The predicted octanol–water partition coefficient (Wildman–Crippen LogP) is 0.633. The van der Waals surface area contributed by atoms with Crippen LogP contribution >= 0.6 is 0 Å². The molecule has 2 aliphatic rings. The molecule has 1 atom stereocenters. The molecule has 2 fully saturated rings. The zero-order chi connectivity index (χ0) is 16.9. The van der Waals surface area contributed by atoms with Crippen LogP contribution in [-0.4, -0.2) is 48.5 Å². The minimum Gasteiger partial charge on any atom is -0.467 e. The Morgan fingerprint density at radius 1 is 1.33 bits per heavy atom. The largest absolute Gasteiger partial charge is 0.467 e. The van der Waals surface area contributed by atoms with Gasteiger partial charge in [0.1, 0.15) is 11.8 Å². The summed E-state index contributed by atoms with van der Waals surface area (Å²) in [5.41, 5.74) is 0. The number of imide groups is 1. The van der Waals surface area contributed by atoms with E-state index in [-0.39, 0.29) is 18.9 Å². The van der Waals surface area contributed by atoms with E-state index in [0.717, 1.165) is 31.0 Å². The van der Waals surface area contributed by atoms with Crippen LogP contribution in [0.3, 0.4) is 0 Å². The average molecular weight is 335 g/mol. The van der Waals surface area contributed by atoms with Crippen LogP contribution < -0.4 is 10.6 Å². The molecule has 8 nitrogen and oxygen atoms in total. The van der Waals surface area contributed by atoms with Crippen LogP contribution in [0.1, 0.15) is 25.0 Å². The molecule has 0 radical (unpaired) electrons. The number of carbonyl (C=O) groups excluding carboxylic acids is 3. The fraction of sp³-hybridized carbons (Fsp3) is 0.562. The summed E-state index contributed by atoms with van der Waals surface area (Å²) < 4.78 is 10.4. The third-order valence-corrected chi connectivity index (χ3v) is 4.32. The summed E-state index contributed by atoms with van der Waals surface area (Å²) in [5.74, 6) is 0.285. The number of rotatable bonds is 6. The molecule has 0 aromatic carbocycles. The highest BCUT2D eigenvalue weighted by Gasteiger charge is 2.39. The van der Waals surface area contributed by atoms with Crippen LogP contribution in [0.15, 0.2) is 22.8 Å². The standard InChI is InChI=1S/C16H21N3O5/c20-14(17-9-11-3-6-23-7-4-11)8-13-15(21)19(16(22)18-13)10-12-2-1-5-24-12/h1-2,5,11,13H,3-4,6-10H2,(H,17,20)(H,18,22)/t13-/m1/s1. The van der Waals surface area contributed by atoms with E-state index in [9.17, 15) is 14.4 Å². The van der Waals surface area contributed by atoms with E-state index in [1.807, 2.05) is 0 Å². The van der Waals surface area contributed by atoms with Crippen LogP contribution in [0.5, 0.6) is 0 Å². The molecule has 1 aromatic rings. The summed E-state index contributed by atoms with van der Waals surface area (Å²) in [7, 11) is 0.